The van der Waals surface area contributed by atoms with Gasteiger partial charge in [-0.05, 0) is 6.92 Å². The highest BCUT2D eigenvalue weighted by molar-refractivity contribution is 5.74. The van der Waals surface area contributed by atoms with Gasteiger partial charge in [0.05, 0.1) is 31.0 Å². The predicted octanol–water partition coefficient (Wildman–Crippen LogP) is 2.46. The maximum absolute atomic E-state index is 12.1. The lowest BCUT2D eigenvalue weighted by Gasteiger charge is -2.21. The van der Waals surface area contributed by atoms with E-state index >= 15 is 0 Å². The minimum atomic E-state index is -0.585. The van der Waals surface area contributed by atoms with Gasteiger partial charge in [0, 0.05) is 26.1 Å². The molecule has 0 saturated heterocycles. The van der Waals surface area contributed by atoms with Gasteiger partial charge in [0.25, 0.3) is 0 Å². The van der Waals surface area contributed by atoms with Crippen LogP contribution in [0.15, 0.2) is 24.3 Å². The Morgan fingerprint density at radius 3 is 1.63 bits per heavy atom. The number of carbonyl (C=O) groups excluding carboxylic acids is 3. The van der Waals surface area contributed by atoms with Crippen LogP contribution < -0.4 is 0 Å². The van der Waals surface area contributed by atoms with E-state index in [0.29, 0.717) is 0 Å². The zero-order valence-electron chi connectivity index (χ0n) is 18.5. The predicted molar refractivity (Wildman–Crippen MR) is 109 cm³/mol. The maximum atomic E-state index is 12.1. The van der Waals surface area contributed by atoms with Gasteiger partial charge in [-0.1, -0.05) is 38.2 Å². The number of methoxy groups -OCH3 is 2. The molecule has 0 fully saturated rings. The molecule has 1 rings (SSSR count). The fourth-order valence-corrected chi connectivity index (χ4v) is 2.76. The number of cyclic esters (lactones) is 3. The maximum Gasteiger partial charge on any atom is 0.312 e. The zero-order chi connectivity index (χ0) is 22.5. The second-order valence-electron chi connectivity index (χ2n) is 7.43. The fourth-order valence-electron chi connectivity index (χ4n) is 2.76. The molecule has 0 aromatic rings. The Balaban J connectivity index is 2.86. The molecule has 170 valence electrons. The third kappa shape index (κ3) is 9.54. The van der Waals surface area contributed by atoms with Gasteiger partial charge >= 0.3 is 17.9 Å². The Bertz CT molecular complexity index is 612. The van der Waals surface area contributed by atoms with Crippen molar-refractivity contribution in [2.24, 2.45) is 17.8 Å². The van der Waals surface area contributed by atoms with Gasteiger partial charge in [-0.15, -0.1) is 0 Å². The van der Waals surface area contributed by atoms with E-state index in [0.717, 1.165) is 0 Å². The van der Waals surface area contributed by atoms with Crippen molar-refractivity contribution in [2.45, 2.75) is 45.8 Å². The van der Waals surface area contributed by atoms with Gasteiger partial charge < -0.3 is 23.7 Å². The molecule has 0 N–H and O–H groups in total. The molecular formula is C22H34O8. The fraction of sp³-hybridized carbons (Fsp3) is 0.682. The summed E-state index contributed by atoms with van der Waals surface area (Å²) < 4.78 is 26.5. The Labute approximate surface area is 178 Å². The molecule has 8 heteroatoms. The SMILES string of the molecule is CO[C@H]1COC(=O)C/C=C\[C@H](C)[C@@H](OC)COC(=O)[C@@H](C)COC(=O)C/C=C\[C@@H]1C. The van der Waals surface area contributed by atoms with E-state index < -0.39 is 17.9 Å². The lowest BCUT2D eigenvalue weighted by Crippen LogP contribution is -2.30. The molecule has 0 spiro atoms. The van der Waals surface area contributed by atoms with E-state index in [2.05, 4.69) is 0 Å². The Morgan fingerprint density at radius 1 is 0.733 bits per heavy atom. The van der Waals surface area contributed by atoms with Crippen molar-refractivity contribution in [1.29, 1.82) is 0 Å². The average molecular weight is 427 g/mol. The summed E-state index contributed by atoms with van der Waals surface area (Å²) in [5, 5.41) is 0. The second kappa shape index (κ2) is 13.9. The van der Waals surface area contributed by atoms with E-state index in [9.17, 15) is 14.4 Å². The van der Waals surface area contributed by atoms with Crippen LogP contribution >= 0.6 is 0 Å². The highest BCUT2D eigenvalue weighted by Crippen LogP contribution is 2.13. The number of ether oxygens (including phenoxy) is 5. The van der Waals surface area contributed by atoms with E-state index in [1.54, 1.807) is 26.2 Å². The van der Waals surface area contributed by atoms with Crippen LogP contribution in [-0.2, 0) is 38.1 Å². The third-order valence-electron chi connectivity index (χ3n) is 4.92. The summed E-state index contributed by atoms with van der Waals surface area (Å²) in [4.78, 5) is 36.0. The zero-order valence-corrected chi connectivity index (χ0v) is 18.5. The normalized spacial score (nSPS) is 33.0. The van der Waals surface area contributed by atoms with Crippen LogP contribution in [0.3, 0.4) is 0 Å². The van der Waals surface area contributed by atoms with Crippen LogP contribution in [0.25, 0.3) is 0 Å². The summed E-state index contributed by atoms with van der Waals surface area (Å²) in [6.07, 6.45) is 6.51. The molecule has 1 aliphatic rings. The highest BCUT2D eigenvalue weighted by Gasteiger charge is 2.22. The van der Waals surface area contributed by atoms with Gasteiger partial charge in [0.2, 0.25) is 0 Å². The molecule has 0 bridgehead atoms. The van der Waals surface area contributed by atoms with Crippen LogP contribution in [0.4, 0.5) is 0 Å². The first-order chi connectivity index (χ1) is 14.3. The van der Waals surface area contributed by atoms with E-state index in [-0.39, 0.29) is 62.7 Å². The molecule has 0 unspecified atom stereocenters. The first-order valence-corrected chi connectivity index (χ1v) is 10.1. The van der Waals surface area contributed by atoms with E-state index in [1.165, 1.54) is 7.11 Å². The van der Waals surface area contributed by atoms with Crippen molar-refractivity contribution >= 4 is 17.9 Å². The quantitative estimate of drug-likeness (QED) is 0.377. The summed E-state index contributed by atoms with van der Waals surface area (Å²) >= 11 is 0. The Morgan fingerprint density at radius 2 is 1.17 bits per heavy atom. The molecule has 0 aliphatic carbocycles. The summed E-state index contributed by atoms with van der Waals surface area (Å²) in [5.74, 6) is -2.03. The molecule has 0 aromatic heterocycles. The summed E-state index contributed by atoms with van der Waals surface area (Å²) in [6.45, 7) is 5.56. The average Bonchev–Trinajstić information content (AvgIpc) is 2.72. The van der Waals surface area contributed by atoms with Gasteiger partial charge in [-0.3, -0.25) is 14.4 Å². The Hall–Kier alpha value is -2.19. The summed E-state index contributed by atoms with van der Waals surface area (Å²) in [5.41, 5.74) is 0. The second-order valence-corrected chi connectivity index (χ2v) is 7.43. The van der Waals surface area contributed by atoms with Crippen molar-refractivity contribution in [3.8, 4) is 0 Å². The molecule has 0 aromatic carbocycles. The number of carbonyl (C=O) groups is 3. The summed E-state index contributed by atoms with van der Waals surface area (Å²) in [7, 11) is 3.07. The number of hydrogen-bond acceptors (Lipinski definition) is 8. The van der Waals surface area contributed by atoms with Crippen molar-refractivity contribution in [3.05, 3.63) is 24.3 Å². The molecule has 30 heavy (non-hydrogen) atoms. The molecule has 0 radical (unpaired) electrons. The van der Waals surface area contributed by atoms with Crippen LogP contribution in [0.5, 0.6) is 0 Å². The molecule has 8 nitrogen and oxygen atoms in total. The van der Waals surface area contributed by atoms with Crippen molar-refractivity contribution < 1.29 is 38.1 Å². The largest absolute Gasteiger partial charge is 0.465 e. The Kier molecular flexibility index (Phi) is 12.0. The third-order valence-corrected chi connectivity index (χ3v) is 4.92. The van der Waals surface area contributed by atoms with Crippen LogP contribution in [0.1, 0.15) is 33.6 Å². The highest BCUT2D eigenvalue weighted by atomic mass is 16.6. The molecule has 0 amide bonds. The smallest absolute Gasteiger partial charge is 0.312 e. The lowest BCUT2D eigenvalue weighted by molar-refractivity contribution is -0.157. The van der Waals surface area contributed by atoms with E-state index in [4.69, 9.17) is 23.7 Å². The first-order valence-electron chi connectivity index (χ1n) is 10.1. The molecular weight excluding hydrogens is 392 g/mol. The van der Waals surface area contributed by atoms with Crippen LogP contribution in [-0.4, -0.2) is 64.2 Å². The van der Waals surface area contributed by atoms with Crippen LogP contribution in [0.2, 0.25) is 0 Å². The number of esters is 3. The van der Waals surface area contributed by atoms with Crippen molar-refractivity contribution in [1.82, 2.24) is 0 Å². The van der Waals surface area contributed by atoms with Gasteiger partial charge in [-0.2, -0.15) is 0 Å². The molecule has 1 heterocycles. The first kappa shape index (κ1) is 25.8. The standard InChI is InChI=1S/C22H34O8/c1-15-8-6-10-20(23)28-12-17(3)22(25)30-14-19(27-5)16(2)9-7-11-21(24)29-13-18(15)26-4/h6-9,15-19H,10-14H2,1-5H3/b8-6-,9-7-/t15-,16-,17-,18-,19-/m0/s1. The van der Waals surface area contributed by atoms with Gasteiger partial charge in [0.15, 0.2) is 0 Å². The van der Waals surface area contributed by atoms with Gasteiger partial charge in [-0.25, -0.2) is 0 Å². The minimum absolute atomic E-state index is 0.0508. The van der Waals surface area contributed by atoms with E-state index in [1.807, 2.05) is 26.0 Å². The van der Waals surface area contributed by atoms with Crippen LogP contribution in [0, 0.1) is 17.8 Å². The lowest BCUT2D eigenvalue weighted by atomic mass is 10.0. The van der Waals surface area contributed by atoms with Gasteiger partial charge in [0.1, 0.15) is 19.8 Å². The topological polar surface area (TPSA) is 97.4 Å². The summed E-state index contributed by atoms with van der Waals surface area (Å²) in [6, 6.07) is 0. The number of rotatable bonds is 2. The molecule has 5 atom stereocenters. The molecule has 0 saturated carbocycles. The molecule has 1 aliphatic heterocycles. The van der Waals surface area contributed by atoms with Crippen molar-refractivity contribution in [2.75, 3.05) is 34.0 Å². The monoisotopic (exact) mass is 426 g/mol. The minimum Gasteiger partial charge on any atom is -0.465 e. The number of hydrogen-bond donors (Lipinski definition) is 0. The van der Waals surface area contributed by atoms with Crippen molar-refractivity contribution in [3.63, 3.8) is 0 Å².